The zero-order chi connectivity index (χ0) is 14.4. The smallest absolute Gasteiger partial charge is 0.236 e. The molecule has 1 aliphatic carbocycles. The van der Waals surface area contributed by atoms with E-state index in [9.17, 15) is 8.42 Å². The first-order valence-electron chi connectivity index (χ1n) is 6.54. The zero-order valence-electron chi connectivity index (χ0n) is 11.3. The van der Waals surface area contributed by atoms with Crippen LogP contribution in [0.1, 0.15) is 12.8 Å². The first kappa shape index (κ1) is 13.2. The molecule has 1 aliphatic heterocycles. The van der Waals surface area contributed by atoms with E-state index in [2.05, 4.69) is 11.1 Å². The van der Waals surface area contributed by atoms with Gasteiger partial charge in [0.15, 0.2) is 0 Å². The van der Waals surface area contributed by atoms with E-state index < -0.39 is 15.4 Å². The van der Waals surface area contributed by atoms with Gasteiger partial charge >= 0.3 is 0 Å². The van der Waals surface area contributed by atoms with Crippen molar-refractivity contribution in [2.75, 3.05) is 35.1 Å². The predicted molar refractivity (Wildman–Crippen MR) is 75.9 cm³/mol. The van der Waals surface area contributed by atoms with Gasteiger partial charge in [0.05, 0.1) is 41.4 Å². The molecule has 0 atom stereocenters. The summed E-state index contributed by atoms with van der Waals surface area (Å²) >= 11 is 0. The van der Waals surface area contributed by atoms with Crippen molar-refractivity contribution in [3.8, 4) is 6.07 Å². The van der Waals surface area contributed by atoms with Crippen molar-refractivity contribution in [2.45, 2.75) is 12.8 Å². The van der Waals surface area contributed by atoms with Gasteiger partial charge in [-0.05, 0) is 18.9 Å². The number of nitriles is 1. The lowest BCUT2D eigenvalue weighted by Gasteiger charge is -2.36. The van der Waals surface area contributed by atoms with E-state index in [4.69, 9.17) is 5.26 Å². The maximum absolute atomic E-state index is 12.6. The normalized spacial score (nSPS) is 20.2. The van der Waals surface area contributed by atoms with Gasteiger partial charge in [-0.2, -0.15) is 5.26 Å². The third-order valence-corrected chi connectivity index (χ3v) is 5.95. The van der Waals surface area contributed by atoms with Crippen LogP contribution in [0.5, 0.6) is 0 Å². The maximum atomic E-state index is 12.6. The first-order chi connectivity index (χ1) is 9.47. The maximum Gasteiger partial charge on any atom is 0.236 e. The third kappa shape index (κ3) is 2.10. The van der Waals surface area contributed by atoms with Gasteiger partial charge in [-0.3, -0.25) is 9.29 Å². The van der Waals surface area contributed by atoms with E-state index in [0.717, 1.165) is 5.69 Å². The molecule has 2 heterocycles. The number of pyridine rings is 1. The molecule has 2 aliphatic rings. The standard InChI is InChI=1S/C13H16N4O2S/c1-16-6-7-17(12-8-15-5-2-11(12)16)20(18,19)10-13(9-14)3-4-13/h2,5,8H,3-4,6-7,10H2,1H3. The van der Waals surface area contributed by atoms with E-state index in [1.54, 1.807) is 12.4 Å². The lowest BCUT2D eigenvalue weighted by molar-refractivity contribution is 0.577. The largest absolute Gasteiger partial charge is 0.371 e. The Kier molecular flexibility index (Phi) is 2.87. The van der Waals surface area contributed by atoms with Crippen LogP contribution in [0.25, 0.3) is 0 Å². The lowest BCUT2D eigenvalue weighted by atomic mass is 10.2. The van der Waals surface area contributed by atoms with Crippen LogP contribution in [-0.2, 0) is 10.0 Å². The van der Waals surface area contributed by atoms with Gasteiger partial charge in [0, 0.05) is 19.8 Å². The minimum absolute atomic E-state index is 0.0887. The molecule has 0 amide bonds. The number of anilines is 2. The van der Waals surface area contributed by atoms with Crippen molar-refractivity contribution in [3.05, 3.63) is 18.5 Å². The van der Waals surface area contributed by atoms with E-state index in [0.29, 0.717) is 31.6 Å². The molecule has 0 unspecified atom stereocenters. The second kappa shape index (κ2) is 4.35. The molecule has 1 aromatic rings. The van der Waals surface area contributed by atoms with Gasteiger partial charge in [0.25, 0.3) is 0 Å². The molecule has 0 radical (unpaired) electrons. The highest BCUT2D eigenvalue weighted by atomic mass is 32.2. The molecule has 0 spiro atoms. The van der Waals surface area contributed by atoms with Gasteiger partial charge in [-0.1, -0.05) is 0 Å². The summed E-state index contributed by atoms with van der Waals surface area (Å²) in [6, 6.07) is 3.96. The highest BCUT2D eigenvalue weighted by Gasteiger charge is 2.48. The van der Waals surface area contributed by atoms with Gasteiger partial charge in [-0.25, -0.2) is 8.42 Å². The van der Waals surface area contributed by atoms with E-state index >= 15 is 0 Å². The van der Waals surface area contributed by atoms with Gasteiger partial charge in [0.2, 0.25) is 10.0 Å². The Labute approximate surface area is 118 Å². The number of hydrogen-bond donors (Lipinski definition) is 0. The van der Waals surface area contributed by atoms with Gasteiger partial charge in [-0.15, -0.1) is 0 Å². The summed E-state index contributed by atoms with van der Waals surface area (Å²) in [7, 11) is -1.55. The second-order valence-electron chi connectivity index (χ2n) is 5.51. The van der Waals surface area contributed by atoms with E-state index in [-0.39, 0.29) is 5.75 Å². The Morgan fingerprint density at radius 2 is 2.15 bits per heavy atom. The summed E-state index contributed by atoms with van der Waals surface area (Å²) in [6.07, 6.45) is 4.59. The van der Waals surface area contributed by atoms with Crippen LogP contribution in [0.15, 0.2) is 18.5 Å². The number of nitrogens with zero attached hydrogens (tertiary/aromatic N) is 4. The summed E-state index contributed by atoms with van der Waals surface area (Å²) in [5.74, 6) is -0.0887. The highest BCUT2D eigenvalue weighted by Crippen LogP contribution is 2.47. The number of sulfonamides is 1. The Balaban J connectivity index is 1.95. The molecule has 7 heteroatoms. The third-order valence-electron chi connectivity index (χ3n) is 3.98. The fraction of sp³-hybridized carbons (Fsp3) is 0.538. The number of hydrogen-bond acceptors (Lipinski definition) is 5. The Morgan fingerprint density at radius 3 is 2.80 bits per heavy atom. The first-order valence-corrected chi connectivity index (χ1v) is 8.15. The van der Waals surface area contributed by atoms with Crippen LogP contribution in [0.4, 0.5) is 11.4 Å². The molecule has 0 saturated heterocycles. The molecule has 0 bridgehead atoms. The van der Waals surface area contributed by atoms with Crippen molar-refractivity contribution >= 4 is 21.4 Å². The van der Waals surface area contributed by atoms with Crippen molar-refractivity contribution in [1.82, 2.24) is 4.98 Å². The lowest BCUT2D eigenvalue weighted by Crippen LogP contribution is -2.44. The second-order valence-corrected chi connectivity index (χ2v) is 7.40. The van der Waals surface area contributed by atoms with Gasteiger partial charge < -0.3 is 4.90 Å². The molecule has 6 nitrogen and oxygen atoms in total. The molecule has 20 heavy (non-hydrogen) atoms. The van der Waals surface area contributed by atoms with Crippen LogP contribution in [0, 0.1) is 16.7 Å². The number of likely N-dealkylation sites (N-methyl/N-ethyl adjacent to an activating group) is 1. The number of rotatable bonds is 3. The Hall–Kier alpha value is -1.81. The zero-order valence-corrected chi connectivity index (χ0v) is 12.1. The summed E-state index contributed by atoms with van der Waals surface area (Å²) in [4.78, 5) is 6.04. The van der Waals surface area contributed by atoms with E-state index in [1.165, 1.54) is 4.31 Å². The summed E-state index contributed by atoms with van der Waals surface area (Å²) in [5.41, 5.74) is 0.802. The molecule has 3 rings (SSSR count). The molecular formula is C13H16N4O2S. The average molecular weight is 292 g/mol. The van der Waals surface area contributed by atoms with Gasteiger partial charge in [0.1, 0.15) is 0 Å². The molecule has 0 N–H and O–H groups in total. The summed E-state index contributed by atoms with van der Waals surface area (Å²) < 4.78 is 26.6. The summed E-state index contributed by atoms with van der Waals surface area (Å²) in [5, 5.41) is 9.10. The topological polar surface area (TPSA) is 77.3 Å². The molecule has 1 fully saturated rings. The molecular weight excluding hydrogens is 276 g/mol. The Morgan fingerprint density at radius 1 is 1.40 bits per heavy atom. The van der Waals surface area contributed by atoms with Crippen LogP contribution in [-0.4, -0.2) is 39.3 Å². The fourth-order valence-corrected chi connectivity index (χ4v) is 4.54. The number of fused-ring (bicyclic) bond motifs is 1. The minimum atomic E-state index is -3.48. The predicted octanol–water partition coefficient (Wildman–Crippen LogP) is 0.971. The fourth-order valence-electron chi connectivity index (χ4n) is 2.53. The van der Waals surface area contributed by atoms with Crippen molar-refractivity contribution < 1.29 is 8.42 Å². The molecule has 1 saturated carbocycles. The van der Waals surface area contributed by atoms with Crippen LogP contribution < -0.4 is 9.21 Å². The molecule has 1 aromatic heterocycles. The van der Waals surface area contributed by atoms with Crippen LogP contribution >= 0.6 is 0 Å². The van der Waals surface area contributed by atoms with Crippen molar-refractivity contribution in [2.24, 2.45) is 5.41 Å². The quantitative estimate of drug-likeness (QED) is 0.829. The van der Waals surface area contributed by atoms with E-state index in [1.807, 2.05) is 18.0 Å². The molecule has 106 valence electrons. The summed E-state index contributed by atoms with van der Waals surface area (Å²) in [6.45, 7) is 1.04. The monoisotopic (exact) mass is 292 g/mol. The minimum Gasteiger partial charge on any atom is -0.371 e. The number of aromatic nitrogens is 1. The average Bonchev–Trinajstić information content (AvgIpc) is 3.19. The highest BCUT2D eigenvalue weighted by molar-refractivity contribution is 7.92. The van der Waals surface area contributed by atoms with Crippen LogP contribution in [0.3, 0.4) is 0 Å². The SMILES string of the molecule is CN1CCN(S(=O)(=O)CC2(C#N)CC2)c2cnccc21. The van der Waals surface area contributed by atoms with Crippen molar-refractivity contribution in [1.29, 1.82) is 5.26 Å². The van der Waals surface area contributed by atoms with Crippen LogP contribution in [0.2, 0.25) is 0 Å². The van der Waals surface area contributed by atoms with Crippen molar-refractivity contribution in [3.63, 3.8) is 0 Å². The molecule has 0 aromatic carbocycles. The Bertz CT molecular complexity index is 676.